The van der Waals surface area contributed by atoms with Crippen molar-refractivity contribution in [2.45, 2.75) is 103 Å². The van der Waals surface area contributed by atoms with E-state index in [1.807, 2.05) is 24.3 Å². The van der Waals surface area contributed by atoms with E-state index in [0.717, 1.165) is 35.6 Å². The average Bonchev–Trinajstić information content (AvgIpc) is 3.55. The molecule has 1 saturated heterocycles. The summed E-state index contributed by atoms with van der Waals surface area (Å²) in [5, 5.41) is 8.14. The van der Waals surface area contributed by atoms with Gasteiger partial charge in [0.1, 0.15) is 37.0 Å². The van der Waals surface area contributed by atoms with E-state index in [9.17, 15) is 14.4 Å². The van der Waals surface area contributed by atoms with E-state index < -0.39 is 38.5 Å². The number of fused-ring (bicyclic) bond motifs is 3. The number of aromatic nitrogens is 2. The van der Waals surface area contributed by atoms with Crippen molar-refractivity contribution in [3.05, 3.63) is 82.9 Å². The Labute approximate surface area is 329 Å². The molecule has 0 spiro atoms. The Kier molecular flexibility index (Phi) is 13.0. The molecule has 3 atom stereocenters. The molecular formula is C42H54N4O9Si. The SMILES string of the molecule is CCCCCC(=O)OC[C@H]1O[C@@H](n2cc3c(nc2=O)Nc2c(OCCNC(=O)OCCc4cccc5ccccc45)cccc2O3)C[C@H]1O[Si](C)(C)C(C)(C)C. The van der Waals surface area contributed by atoms with E-state index in [1.54, 1.807) is 24.4 Å². The lowest BCUT2D eigenvalue weighted by Gasteiger charge is -2.39. The van der Waals surface area contributed by atoms with Crippen molar-refractivity contribution < 1.29 is 37.7 Å². The van der Waals surface area contributed by atoms with Crippen LogP contribution >= 0.6 is 0 Å². The van der Waals surface area contributed by atoms with Crippen molar-refractivity contribution in [1.82, 2.24) is 14.9 Å². The molecule has 56 heavy (non-hydrogen) atoms. The normalized spacial score (nSPS) is 17.6. The molecule has 13 nitrogen and oxygen atoms in total. The van der Waals surface area contributed by atoms with E-state index in [2.05, 4.69) is 74.6 Å². The summed E-state index contributed by atoms with van der Waals surface area (Å²) in [7, 11) is -2.25. The van der Waals surface area contributed by atoms with E-state index in [0.29, 0.717) is 42.2 Å². The summed E-state index contributed by atoms with van der Waals surface area (Å²) in [5.41, 5.74) is 1.08. The number of carbonyl (C=O) groups is 2. The smallest absolute Gasteiger partial charge is 0.407 e. The average molecular weight is 787 g/mol. The minimum atomic E-state index is -2.25. The Morgan fingerprint density at radius 3 is 2.59 bits per heavy atom. The summed E-state index contributed by atoms with van der Waals surface area (Å²) in [6.45, 7) is 13.5. The van der Waals surface area contributed by atoms with Gasteiger partial charge in [0, 0.05) is 19.3 Å². The number of benzene rings is 3. The van der Waals surface area contributed by atoms with Crippen LogP contribution in [0, 0.1) is 0 Å². The van der Waals surface area contributed by atoms with Crippen LogP contribution in [0.25, 0.3) is 10.8 Å². The van der Waals surface area contributed by atoms with Gasteiger partial charge in [-0.2, -0.15) is 4.98 Å². The number of nitrogens with zero attached hydrogens (tertiary/aromatic N) is 2. The molecule has 0 radical (unpaired) electrons. The highest BCUT2D eigenvalue weighted by atomic mass is 28.4. The van der Waals surface area contributed by atoms with Crippen molar-refractivity contribution in [3.8, 4) is 17.2 Å². The summed E-state index contributed by atoms with van der Waals surface area (Å²) in [4.78, 5) is 42.7. The van der Waals surface area contributed by atoms with Crippen LogP contribution in [0.2, 0.25) is 18.1 Å². The number of esters is 1. The van der Waals surface area contributed by atoms with Gasteiger partial charge < -0.3 is 38.7 Å². The maximum absolute atomic E-state index is 13.5. The van der Waals surface area contributed by atoms with Gasteiger partial charge in [0.25, 0.3) is 0 Å². The molecule has 3 heterocycles. The molecule has 0 saturated carbocycles. The van der Waals surface area contributed by atoms with Gasteiger partial charge in [-0.25, -0.2) is 9.59 Å². The molecule has 2 N–H and O–H groups in total. The number of para-hydroxylation sites is 1. The highest BCUT2D eigenvalue weighted by Gasteiger charge is 2.46. The molecule has 300 valence electrons. The number of hydrogen-bond acceptors (Lipinski definition) is 11. The molecule has 2 aliphatic heterocycles. The zero-order valence-electron chi connectivity index (χ0n) is 33.2. The Morgan fingerprint density at radius 1 is 1.00 bits per heavy atom. The summed E-state index contributed by atoms with van der Waals surface area (Å²) in [6, 6.07) is 19.6. The molecule has 1 fully saturated rings. The lowest BCUT2D eigenvalue weighted by Crippen LogP contribution is -2.46. The fourth-order valence-electron chi connectivity index (χ4n) is 6.49. The number of nitrogens with one attached hydrogen (secondary N) is 2. The first-order valence-electron chi connectivity index (χ1n) is 19.5. The first kappa shape index (κ1) is 40.7. The van der Waals surface area contributed by atoms with Gasteiger partial charge in [0.05, 0.1) is 25.5 Å². The second kappa shape index (κ2) is 17.9. The van der Waals surface area contributed by atoms with Crippen LogP contribution in [-0.4, -0.2) is 68.5 Å². The first-order valence-corrected chi connectivity index (χ1v) is 22.4. The predicted molar refractivity (Wildman–Crippen MR) is 216 cm³/mol. The molecular weight excluding hydrogens is 733 g/mol. The number of amides is 1. The monoisotopic (exact) mass is 786 g/mol. The molecule has 6 rings (SSSR count). The number of carbonyl (C=O) groups excluding carboxylic acids is 2. The van der Waals surface area contributed by atoms with Crippen LogP contribution in [0.5, 0.6) is 17.2 Å². The number of rotatable bonds is 16. The Balaban J connectivity index is 1.05. The predicted octanol–water partition coefficient (Wildman–Crippen LogP) is 8.39. The van der Waals surface area contributed by atoms with Crippen LogP contribution in [0.3, 0.4) is 0 Å². The van der Waals surface area contributed by atoms with Crippen molar-refractivity contribution in [3.63, 3.8) is 0 Å². The fourth-order valence-corrected chi connectivity index (χ4v) is 7.85. The molecule has 14 heteroatoms. The van der Waals surface area contributed by atoms with Gasteiger partial charge in [0.2, 0.25) is 0 Å². The zero-order valence-corrected chi connectivity index (χ0v) is 34.2. The second-order valence-electron chi connectivity index (χ2n) is 15.7. The van der Waals surface area contributed by atoms with Crippen molar-refractivity contribution >= 4 is 42.7 Å². The third kappa shape index (κ3) is 9.89. The van der Waals surface area contributed by atoms with E-state index >= 15 is 0 Å². The molecule has 0 bridgehead atoms. The Hall–Kier alpha value is -4.92. The molecule has 0 aliphatic carbocycles. The summed E-state index contributed by atoms with van der Waals surface area (Å²) >= 11 is 0. The van der Waals surface area contributed by atoms with Gasteiger partial charge in [-0.1, -0.05) is 89.1 Å². The number of unbranched alkanes of at least 4 members (excludes halogenated alkanes) is 2. The van der Waals surface area contributed by atoms with Crippen LogP contribution in [-0.2, 0) is 29.9 Å². The van der Waals surface area contributed by atoms with Crippen LogP contribution < -0.4 is 25.8 Å². The maximum Gasteiger partial charge on any atom is 0.407 e. The summed E-state index contributed by atoms with van der Waals surface area (Å²) in [5.74, 6) is 1.22. The van der Waals surface area contributed by atoms with Crippen molar-refractivity contribution in [2.75, 3.05) is 31.7 Å². The van der Waals surface area contributed by atoms with E-state index in [1.165, 1.54) is 4.57 Å². The fraction of sp³-hybridized carbons (Fsp3) is 0.476. The molecule has 2 aliphatic rings. The third-order valence-corrected chi connectivity index (χ3v) is 15.1. The standard InChI is InChI=1S/C42H54N4O9Si/c1-7-8-9-20-37(47)52-27-35-33(55-56(5,6)42(2,3)4)25-36(54-35)46-26-34-39(45-40(46)48)44-38-31(18-13-19-32(38)53-34)50-24-22-43-41(49)51-23-21-29-16-12-15-28-14-10-11-17-30(28)29/h10-19,26,33,35-36H,7-9,20-25,27H2,1-6H3,(H,43,49)(H,44,45,48)/t33-,35-,36-/m1/s1. The highest BCUT2D eigenvalue weighted by Crippen LogP contribution is 2.46. The van der Waals surface area contributed by atoms with Gasteiger partial charge >= 0.3 is 17.8 Å². The van der Waals surface area contributed by atoms with Gasteiger partial charge in [0.15, 0.2) is 25.6 Å². The highest BCUT2D eigenvalue weighted by molar-refractivity contribution is 6.74. The molecule has 1 amide bonds. The van der Waals surface area contributed by atoms with Crippen molar-refractivity contribution in [2.24, 2.45) is 0 Å². The van der Waals surface area contributed by atoms with Gasteiger partial charge in [-0.05, 0) is 53.0 Å². The molecule has 1 aromatic heterocycles. The van der Waals surface area contributed by atoms with E-state index in [4.69, 9.17) is 28.1 Å². The number of hydrogen-bond donors (Lipinski definition) is 2. The first-order chi connectivity index (χ1) is 26.8. The van der Waals surface area contributed by atoms with Crippen LogP contribution in [0.4, 0.5) is 16.3 Å². The number of alkyl carbamates (subject to hydrolysis) is 1. The molecule has 4 aromatic rings. The zero-order chi connectivity index (χ0) is 39.9. The maximum atomic E-state index is 13.5. The van der Waals surface area contributed by atoms with Crippen molar-refractivity contribution in [1.29, 1.82) is 0 Å². The van der Waals surface area contributed by atoms with Crippen LogP contribution in [0.1, 0.15) is 71.6 Å². The lowest BCUT2D eigenvalue weighted by molar-refractivity contribution is -0.150. The van der Waals surface area contributed by atoms with Gasteiger partial charge in [-0.3, -0.25) is 9.36 Å². The Bertz CT molecular complexity index is 2060. The summed E-state index contributed by atoms with van der Waals surface area (Å²) < 4.78 is 37.8. The minimum Gasteiger partial charge on any atom is -0.489 e. The third-order valence-electron chi connectivity index (χ3n) is 10.6. The molecule has 0 unspecified atom stereocenters. The second-order valence-corrected chi connectivity index (χ2v) is 20.5. The number of anilines is 2. The quantitative estimate of drug-likeness (QED) is 0.0564. The topological polar surface area (TPSA) is 148 Å². The van der Waals surface area contributed by atoms with Crippen LogP contribution in [0.15, 0.2) is 71.7 Å². The van der Waals surface area contributed by atoms with Gasteiger partial charge in [-0.15, -0.1) is 0 Å². The van der Waals surface area contributed by atoms with E-state index in [-0.39, 0.29) is 43.2 Å². The molecule has 3 aromatic carbocycles. The Morgan fingerprint density at radius 2 is 1.79 bits per heavy atom. The minimum absolute atomic E-state index is 0.0324. The largest absolute Gasteiger partial charge is 0.489 e. The summed E-state index contributed by atoms with van der Waals surface area (Å²) in [6.07, 6.45) is 3.46. The lowest BCUT2D eigenvalue weighted by atomic mass is 10.0. The number of ether oxygens (including phenoxy) is 5.